The SMILES string of the molecule is COC(=O)N[C@H](C(=O)N1C2CC2C[C@H]1c1nc2c(ccc3cc(-c4ccc5c(ccc6[nH]c([C@@H]7C[C@H]8C[C@H]8N7C(=O)CC7CCOCC7)nc65)c4)ccc32)[nH]1)C(C)C. The zero-order chi connectivity index (χ0) is 39.4. The Bertz CT molecular complexity index is 2640. The number of aromatic nitrogens is 4. The lowest BCUT2D eigenvalue weighted by Gasteiger charge is -2.31. The summed E-state index contributed by atoms with van der Waals surface area (Å²) in [5.41, 5.74) is 6.01. The van der Waals surface area contributed by atoms with Crippen molar-refractivity contribution in [1.29, 1.82) is 0 Å². The Labute approximate surface area is 336 Å². The molecule has 2 unspecified atom stereocenters. The van der Waals surface area contributed by atoms with Crippen LogP contribution < -0.4 is 5.32 Å². The number of rotatable bonds is 8. The number of carbonyl (C=O) groups excluding carboxylic acids is 3. The summed E-state index contributed by atoms with van der Waals surface area (Å²) in [6.45, 7) is 5.39. The van der Waals surface area contributed by atoms with Crippen molar-refractivity contribution in [3.05, 3.63) is 72.3 Å². The van der Waals surface area contributed by atoms with Gasteiger partial charge in [0.15, 0.2) is 0 Å². The highest BCUT2D eigenvalue weighted by molar-refractivity contribution is 6.07. The van der Waals surface area contributed by atoms with Crippen LogP contribution in [0.15, 0.2) is 60.7 Å². The molecule has 298 valence electrons. The van der Waals surface area contributed by atoms with Crippen molar-refractivity contribution in [2.24, 2.45) is 23.7 Å². The highest BCUT2D eigenvalue weighted by Gasteiger charge is 2.57. The Morgan fingerprint density at radius 1 is 0.776 bits per heavy atom. The van der Waals surface area contributed by atoms with Gasteiger partial charge in [0.05, 0.1) is 41.3 Å². The average molecular weight is 780 g/mol. The van der Waals surface area contributed by atoms with Crippen LogP contribution in [-0.2, 0) is 19.1 Å². The fourth-order valence-corrected chi connectivity index (χ4v) is 10.6. The Morgan fingerprint density at radius 2 is 1.33 bits per heavy atom. The van der Waals surface area contributed by atoms with Gasteiger partial charge < -0.3 is 34.6 Å². The molecule has 12 heteroatoms. The number of imidazole rings is 2. The van der Waals surface area contributed by atoms with Gasteiger partial charge in [-0.25, -0.2) is 14.8 Å². The predicted octanol–water partition coefficient (Wildman–Crippen LogP) is 7.93. The third kappa shape index (κ3) is 5.93. The first-order valence-corrected chi connectivity index (χ1v) is 21.1. The van der Waals surface area contributed by atoms with Crippen LogP contribution in [0.5, 0.6) is 0 Å². The number of amides is 3. The summed E-state index contributed by atoms with van der Waals surface area (Å²) >= 11 is 0. The van der Waals surface area contributed by atoms with E-state index in [1.165, 1.54) is 7.11 Å². The van der Waals surface area contributed by atoms with Crippen molar-refractivity contribution in [2.45, 2.75) is 89.0 Å². The van der Waals surface area contributed by atoms with Crippen LogP contribution >= 0.6 is 0 Å². The highest BCUT2D eigenvalue weighted by atomic mass is 16.5. The van der Waals surface area contributed by atoms with Crippen molar-refractivity contribution in [1.82, 2.24) is 35.1 Å². The van der Waals surface area contributed by atoms with Crippen molar-refractivity contribution >= 4 is 61.5 Å². The summed E-state index contributed by atoms with van der Waals surface area (Å²) in [6.07, 6.45) is 5.88. The summed E-state index contributed by atoms with van der Waals surface area (Å²) < 4.78 is 10.4. The molecule has 3 amide bonds. The number of carbonyl (C=O) groups is 3. The molecule has 4 aromatic carbocycles. The van der Waals surface area contributed by atoms with Crippen LogP contribution in [0, 0.1) is 23.7 Å². The van der Waals surface area contributed by atoms with E-state index in [9.17, 15) is 14.4 Å². The third-order valence-corrected chi connectivity index (χ3v) is 13.9. The zero-order valence-corrected chi connectivity index (χ0v) is 33.2. The van der Waals surface area contributed by atoms with Gasteiger partial charge in [-0.05, 0) is 108 Å². The monoisotopic (exact) mass is 779 g/mol. The van der Waals surface area contributed by atoms with E-state index >= 15 is 0 Å². The van der Waals surface area contributed by atoms with E-state index in [0.29, 0.717) is 30.2 Å². The fraction of sp³-hybridized carbons (Fsp3) is 0.457. The van der Waals surface area contributed by atoms with Gasteiger partial charge in [0.2, 0.25) is 11.8 Å². The normalized spacial score (nSPS) is 25.8. The molecule has 0 spiro atoms. The molecule has 2 aromatic heterocycles. The fourth-order valence-electron chi connectivity index (χ4n) is 10.6. The van der Waals surface area contributed by atoms with Crippen LogP contribution in [0.25, 0.3) is 54.7 Å². The van der Waals surface area contributed by atoms with Gasteiger partial charge >= 0.3 is 6.09 Å². The molecule has 2 aliphatic carbocycles. The standard InChI is InChI=1S/C46H49N7O5/c1-23(2)40(51-46(56)57-3)45(55)53-36-20-30(36)22-38(53)44-48-34-11-7-28-18-26(5-9-32(28)42(34)50-44)25-4-8-31-27(17-25)6-10-33-41(31)49-43(47-33)37-21-29-19-35(29)52(37)39(54)16-24-12-14-58-15-13-24/h4-11,17-18,23-24,29-30,35-38,40H,12-16,19-22H2,1-3H3,(H,47,49)(H,48,50)(H,51,56)/t29-,30?,35-,36?,37+,38+,40+/m1/s1. The van der Waals surface area contributed by atoms with Gasteiger partial charge in [0, 0.05) is 42.5 Å². The van der Waals surface area contributed by atoms with Gasteiger partial charge in [0.1, 0.15) is 17.7 Å². The molecule has 6 aromatic rings. The number of nitrogens with zero attached hydrogens (tertiary/aromatic N) is 4. The van der Waals surface area contributed by atoms with E-state index in [1.54, 1.807) is 0 Å². The lowest BCUT2D eigenvalue weighted by atomic mass is 9.95. The number of piperidine rings is 2. The number of hydrogen-bond donors (Lipinski definition) is 3. The van der Waals surface area contributed by atoms with E-state index in [0.717, 1.165) is 118 Å². The van der Waals surface area contributed by atoms with Crippen LogP contribution in [-0.4, -0.2) is 86.1 Å². The number of H-pyrrole nitrogens is 2. The van der Waals surface area contributed by atoms with E-state index < -0.39 is 12.1 Å². The van der Waals surface area contributed by atoms with Crippen molar-refractivity contribution in [3.8, 4) is 11.1 Å². The van der Waals surface area contributed by atoms with Gasteiger partial charge in [-0.15, -0.1) is 0 Å². The van der Waals surface area contributed by atoms with Gasteiger partial charge in [0.25, 0.3) is 0 Å². The van der Waals surface area contributed by atoms with Crippen LogP contribution in [0.1, 0.15) is 82.5 Å². The second kappa shape index (κ2) is 13.5. The Balaban J connectivity index is 0.857. The third-order valence-electron chi connectivity index (χ3n) is 13.9. The van der Waals surface area contributed by atoms with Gasteiger partial charge in [-0.2, -0.15) is 0 Å². The minimum absolute atomic E-state index is 0.00486. The number of alkyl carbamates (subject to hydrolysis) is 1. The lowest BCUT2D eigenvalue weighted by molar-refractivity contribution is -0.137. The summed E-state index contributed by atoms with van der Waals surface area (Å²) in [4.78, 5) is 61.4. The first-order chi connectivity index (χ1) is 28.2. The van der Waals surface area contributed by atoms with E-state index in [1.807, 2.05) is 18.7 Å². The summed E-state index contributed by atoms with van der Waals surface area (Å²) in [7, 11) is 1.32. The van der Waals surface area contributed by atoms with E-state index in [4.69, 9.17) is 19.4 Å². The maximum absolute atomic E-state index is 14.0. The lowest BCUT2D eigenvalue weighted by Crippen LogP contribution is -2.52. The second-order valence-electron chi connectivity index (χ2n) is 17.8. The van der Waals surface area contributed by atoms with Crippen molar-refractivity contribution < 1.29 is 23.9 Å². The van der Waals surface area contributed by atoms with Crippen LogP contribution in [0.3, 0.4) is 0 Å². The second-order valence-corrected chi connectivity index (χ2v) is 17.8. The Morgan fingerprint density at radius 3 is 1.88 bits per heavy atom. The number of ether oxygens (including phenoxy) is 2. The molecule has 5 aliphatic rings. The van der Waals surface area contributed by atoms with Crippen molar-refractivity contribution in [2.75, 3.05) is 20.3 Å². The predicted molar refractivity (Wildman–Crippen MR) is 221 cm³/mol. The Hall–Kier alpha value is -5.49. The number of hydrogen-bond acceptors (Lipinski definition) is 7. The van der Waals surface area contributed by atoms with E-state index in [2.05, 4.69) is 80.8 Å². The van der Waals surface area contributed by atoms with Gasteiger partial charge in [-0.3, -0.25) is 9.59 Å². The number of aromatic amines is 2. The summed E-state index contributed by atoms with van der Waals surface area (Å²) in [5, 5.41) is 7.12. The number of fused-ring (bicyclic) bond motifs is 8. The molecule has 12 nitrogen and oxygen atoms in total. The number of methoxy groups -OCH3 is 1. The number of benzene rings is 4. The molecule has 7 atom stereocenters. The molecule has 3 aliphatic heterocycles. The minimum Gasteiger partial charge on any atom is -0.453 e. The maximum atomic E-state index is 14.0. The summed E-state index contributed by atoms with van der Waals surface area (Å²) in [5.74, 6) is 3.24. The minimum atomic E-state index is -0.673. The molecule has 58 heavy (non-hydrogen) atoms. The number of nitrogens with one attached hydrogen (secondary N) is 3. The van der Waals surface area contributed by atoms with Crippen LogP contribution in [0.4, 0.5) is 4.79 Å². The first kappa shape index (κ1) is 35.7. The maximum Gasteiger partial charge on any atom is 0.407 e. The topological polar surface area (TPSA) is 146 Å². The average Bonchev–Trinajstić information content (AvgIpc) is 3.88. The molecule has 0 bridgehead atoms. The quantitative estimate of drug-likeness (QED) is 0.142. The largest absolute Gasteiger partial charge is 0.453 e. The highest BCUT2D eigenvalue weighted by Crippen LogP contribution is 2.55. The zero-order valence-electron chi connectivity index (χ0n) is 33.2. The molecule has 3 N–H and O–H groups in total. The van der Waals surface area contributed by atoms with Crippen LogP contribution in [0.2, 0.25) is 0 Å². The van der Waals surface area contributed by atoms with Gasteiger partial charge in [-0.1, -0.05) is 50.2 Å². The molecule has 11 rings (SSSR count). The molecule has 5 fully saturated rings. The Kier molecular flexibility index (Phi) is 8.32. The molecular weight excluding hydrogens is 731 g/mol. The summed E-state index contributed by atoms with van der Waals surface area (Å²) in [6, 6.07) is 21.3. The molecular formula is C46H49N7O5. The van der Waals surface area contributed by atoms with E-state index in [-0.39, 0.29) is 35.9 Å². The molecule has 3 saturated heterocycles. The molecule has 5 heterocycles. The smallest absolute Gasteiger partial charge is 0.407 e. The van der Waals surface area contributed by atoms with Crippen molar-refractivity contribution in [3.63, 3.8) is 0 Å². The molecule has 0 radical (unpaired) electrons. The first-order valence-electron chi connectivity index (χ1n) is 21.1. The molecule has 2 saturated carbocycles. The number of likely N-dealkylation sites (tertiary alicyclic amines) is 2.